The van der Waals surface area contributed by atoms with Gasteiger partial charge in [0.25, 0.3) is 0 Å². The van der Waals surface area contributed by atoms with Crippen molar-refractivity contribution >= 4 is 137 Å². The van der Waals surface area contributed by atoms with E-state index < -0.39 is 0 Å². The number of fused-ring (bicyclic) bond motifs is 3. The van der Waals surface area contributed by atoms with Gasteiger partial charge in [-0.2, -0.15) is 0 Å². The monoisotopic (exact) mass is 1120 g/mol. The van der Waals surface area contributed by atoms with Crippen molar-refractivity contribution in [3.05, 3.63) is 179 Å². The third-order valence-corrected chi connectivity index (χ3v) is 15.9. The largest absolute Gasteiger partial charge is 0.340 e. The predicted molar refractivity (Wildman–Crippen MR) is 330 cm³/mol. The minimum Gasteiger partial charge on any atom is -0.340 e. The summed E-state index contributed by atoms with van der Waals surface area (Å²) in [5.41, 5.74) is 7.55. The zero-order chi connectivity index (χ0) is 55.2. The fourth-order valence-electron chi connectivity index (χ4n) is 10.7. The molecule has 15 heteroatoms. The second kappa shape index (κ2) is 26.9. The number of halogens is 3. The van der Waals surface area contributed by atoms with Crippen LogP contribution in [-0.2, 0) is 14.4 Å². The van der Waals surface area contributed by atoms with E-state index >= 15 is 0 Å². The number of anilines is 9. The molecule has 80 heavy (non-hydrogen) atoms. The van der Waals surface area contributed by atoms with Gasteiger partial charge in [-0.1, -0.05) is 159 Å². The first-order chi connectivity index (χ1) is 39.1. The van der Waals surface area contributed by atoms with Crippen molar-refractivity contribution in [2.45, 2.75) is 89.9 Å². The van der Waals surface area contributed by atoms with E-state index in [1.165, 1.54) is 12.8 Å². The quantitative estimate of drug-likeness (QED) is 0.0699. The summed E-state index contributed by atoms with van der Waals surface area (Å²) in [6, 6.07) is 52.0. The van der Waals surface area contributed by atoms with Crippen LogP contribution in [0.5, 0.6) is 0 Å². The second-order valence-electron chi connectivity index (χ2n) is 20.7. The molecule has 0 atom stereocenters. The third kappa shape index (κ3) is 14.7. The Morgan fingerprint density at radius 1 is 0.350 bits per heavy atom. The summed E-state index contributed by atoms with van der Waals surface area (Å²) in [5.74, 6) is 2.72. The number of nitrogens with one attached hydrogen (secondary N) is 6. The number of pyridine rings is 3. The zero-order valence-electron chi connectivity index (χ0n) is 44.4. The smallest absolute Gasteiger partial charge is 0.227 e. The Morgan fingerprint density at radius 2 is 0.688 bits per heavy atom. The lowest BCUT2D eigenvalue weighted by atomic mass is 9.88. The first-order valence-corrected chi connectivity index (χ1v) is 28.9. The average molecular weight is 1130 g/mol. The molecular weight excluding hydrogens is 1060 g/mol. The number of benzene rings is 6. The molecule has 0 saturated heterocycles. The topological polar surface area (TPSA) is 162 Å². The summed E-state index contributed by atoms with van der Waals surface area (Å²) < 4.78 is 0. The van der Waals surface area contributed by atoms with Crippen molar-refractivity contribution in [3.63, 3.8) is 0 Å². The number of hydrogen-bond donors (Lipinski definition) is 6. The molecule has 6 N–H and O–H groups in total. The number of rotatable bonds is 12. The minimum absolute atomic E-state index is 0.0900. The number of carbonyl (C=O) groups is 3. The van der Waals surface area contributed by atoms with Crippen LogP contribution in [0, 0.1) is 17.8 Å². The molecule has 408 valence electrons. The van der Waals surface area contributed by atoms with Crippen molar-refractivity contribution < 1.29 is 14.4 Å². The van der Waals surface area contributed by atoms with Gasteiger partial charge in [-0.15, -0.1) is 0 Å². The van der Waals surface area contributed by atoms with Gasteiger partial charge in [0, 0.05) is 74.2 Å². The lowest BCUT2D eigenvalue weighted by Gasteiger charge is -2.21. The number of hydrogen-bond acceptors (Lipinski definition) is 9. The summed E-state index contributed by atoms with van der Waals surface area (Å²) in [6.07, 6.45) is 15.1. The van der Waals surface area contributed by atoms with Crippen LogP contribution in [0.4, 0.5) is 51.6 Å². The lowest BCUT2D eigenvalue weighted by Crippen LogP contribution is -2.24. The lowest BCUT2D eigenvalue weighted by molar-refractivity contribution is -0.121. The van der Waals surface area contributed by atoms with Gasteiger partial charge in [-0.25, -0.2) is 15.0 Å². The second-order valence-corrected chi connectivity index (χ2v) is 22.0. The van der Waals surface area contributed by atoms with Crippen LogP contribution < -0.4 is 31.9 Å². The highest BCUT2D eigenvalue weighted by Gasteiger charge is 2.25. The highest BCUT2D eigenvalue weighted by molar-refractivity contribution is 6.42. The number of amides is 3. The highest BCUT2D eigenvalue weighted by Crippen LogP contribution is 2.35. The molecule has 3 amide bonds. The van der Waals surface area contributed by atoms with Gasteiger partial charge in [-0.05, 0) is 111 Å². The van der Waals surface area contributed by atoms with Crippen molar-refractivity contribution in [2.24, 2.45) is 17.8 Å². The Kier molecular flexibility index (Phi) is 18.7. The van der Waals surface area contributed by atoms with E-state index in [-0.39, 0.29) is 35.5 Å². The average Bonchev–Trinajstić information content (AvgIpc) is 4.15. The Balaban J connectivity index is 0.000000135. The van der Waals surface area contributed by atoms with Crippen LogP contribution in [0.15, 0.2) is 164 Å². The van der Waals surface area contributed by atoms with E-state index in [2.05, 4.69) is 46.9 Å². The summed E-state index contributed by atoms with van der Waals surface area (Å²) >= 11 is 18.1. The fourth-order valence-corrected chi connectivity index (χ4v) is 11.1. The molecule has 0 bridgehead atoms. The van der Waals surface area contributed by atoms with E-state index in [0.717, 1.165) is 150 Å². The van der Waals surface area contributed by atoms with Crippen molar-refractivity contribution in [1.82, 2.24) is 15.0 Å². The molecule has 3 aliphatic carbocycles. The van der Waals surface area contributed by atoms with Crippen LogP contribution in [0.1, 0.15) is 89.9 Å². The standard InChI is InChI=1S/C22H21Cl2N3O.C22H23N3O.C21H20ClN3O/c23-17-11-10-15(12-18(17)24)25-21-13-20(16-8-4-5-9-19(16)26-21)27-22(28)14-6-2-1-3-7-14;26-22(16-9-3-1-4-10-16)25-20-15-21(23-17-11-5-2-6-12-17)24-19-14-8-7-13-18(19)20;22-15-9-11-16(12-10-15)23-20-13-19(17-7-3-4-8-18(17)24-20)25-21(26)14-5-1-2-6-14/h4-5,8-14H,1-3,6-7H2,(H2,25,26,27,28);2,5-8,11-16H,1,3-4,9-10H2,(H2,23,24,25,26);3-4,7-14H,1-2,5-6H2,(H2,23,24,25,26). The molecule has 0 unspecified atom stereocenters. The zero-order valence-corrected chi connectivity index (χ0v) is 46.7. The molecular formula is C65H64Cl3N9O3. The maximum Gasteiger partial charge on any atom is 0.227 e. The van der Waals surface area contributed by atoms with Gasteiger partial charge in [0.15, 0.2) is 0 Å². The normalized spacial score (nSPS) is 14.7. The van der Waals surface area contributed by atoms with E-state index in [1.54, 1.807) is 12.1 Å². The Bertz CT molecular complexity index is 3600. The molecule has 12 rings (SSSR count). The first-order valence-electron chi connectivity index (χ1n) is 27.8. The number of nitrogens with zero attached hydrogens (tertiary/aromatic N) is 3. The SMILES string of the molecule is O=C(Nc1cc(Nc2ccc(Cl)c(Cl)c2)nc2ccccc12)C1CCCCC1.O=C(Nc1cc(Nc2ccc(Cl)cc2)nc2ccccc12)C1CCCC1.O=C(Nc1cc(Nc2ccccc2)nc2ccccc12)C1CCCCC1. The van der Waals surface area contributed by atoms with Crippen LogP contribution in [0.2, 0.25) is 15.1 Å². The maximum absolute atomic E-state index is 12.8. The molecule has 3 aliphatic rings. The Hall–Kier alpha value is -7.77. The predicted octanol–water partition coefficient (Wildman–Crippen LogP) is 18.1. The fraction of sp³-hybridized carbons (Fsp3) is 0.262. The summed E-state index contributed by atoms with van der Waals surface area (Å²) in [6.45, 7) is 0. The van der Waals surface area contributed by atoms with Crippen molar-refractivity contribution in [1.29, 1.82) is 0 Å². The van der Waals surface area contributed by atoms with Gasteiger partial charge in [0.05, 0.1) is 43.7 Å². The first kappa shape index (κ1) is 55.5. The van der Waals surface area contributed by atoms with E-state index in [9.17, 15) is 14.4 Å². The van der Waals surface area contributed by atoms with Gasteiger partial charge in [-0.3, -0.25) is 14.4 Å². The van der Waals surface area contributed by atoms with Gasteiger partial charge in [0.2, 0.25) is 17.7 Å². The molecule has 9 aromatic rings. The van der Waals surface area contributed by atoms with Crippen LogP contribution in [0.3, 0.4) is 0 Å². The van der Waals surface area contributed by atoms with Crippen LogP contribution >= 0.6 is 34.8 Å². The van der Waals surface area contributed by atoms with Crippen molar-refractivity contribution in [3.8, 4) is 0 Å². The van der Waals surface area contributed by atoms with Gasteiger partial charge in [0.1, 0.15) is 17.5 Å². The van der Waals surface area contributed by atoms with Gasteiger partial charge < -0.3 is 31.9 Å². The molecule has 0 spiro atoms. The number of para-hydroxylation sites is 4. The van der Waals surface area contributed by atoms with Crippen LogP contribution in [-0.4, -0.2) is 32.7 Å². The van der Waals surface area contributed by atoms with E-state index in [0.29, 0.717) is 26.7 Å². The molecule has 12 nitrogen and oxygen atoms in total. The summed E-state index contributed by atoms with van der Waals surface area (Å²) in [5, 5.41) is 23.8. The maximum atomic E-state index is 12.8. The third-order valence-electron chi connectivity index (χ3n) is 15.0. The number of aromatic nitrogens is 3. The molecule has 0 aliphatic heterocycles. The molecule has 3 saturated carbocycles. The molecule has 6 aromatic carbocycles. The van der Waals surface area contributed by atoms with Crippen molar-refractivity contribution in [2.75, 3.05) is 31.9 Å². The Labute approximate surface area is 481 Å². The molecule has 3 fully saturated rings. The number of carbonyl (C=O) groups excluding carboxylic acids is 3. The summed E-state index contributed by atoms with van der Waals surface area (Å²) in [7, 11) is 0. The van der Waals surface area contributed by atoms with Crippen LogP contribution in [0.25, 0.3) is 32.7 Å². The minimum atomic E-state index is 0.0900. The highest BCUT2D eigenvalue weighted by atomic mass is 35.5. The summed E-state index contributed by atoms with van der Waals surface area (Å²) in [4.78, 5) is 52.1. The molecule has 3 aromatic heterocycles. The molecule has 0 radical (unpaired) electrons. The van der Waals surface area contributed by atoms with Gasteiger partial charge >= 0.3 is 0 Å². The van der Waals surface area contributed by atoms with E-state index in [4.69, 9.17) is 34.8 Å². The molecule has 3 heterocycles. The van der Waals surface area contributed by atoms with E-state index in [1.807, 2.05) is 152 Å². The Morgan fingerprint density at radius 3 is 1.09 bits per heavy atom.